The predicted octanol–water partition coefficient (Wildman–Crippen LogP) is 3.50. The molecule has 9 nitrogen and oxygen atoms in total. The van der Waals surface area contributed by atoms with Crippen molar-refractivity contribution in [2.45, 2.75) is 18.5 Å². The highest BCUT2D eigenvalue weighted by Crippen LogP contribution is 2.44. The van der Waals surface area contributed by atoms with Crippen LogP contribution in [0.2, 0.25) is 0 Å². The van der Waals surface area contributed by atoms with Crippen LogP contribution in [0.4, 0.5) is 4.79 Å². The van der Waals surface area contributed by atoms with Gasteiger partial charge in [-0.2, -0.15) is 0 Å². The summed E-state index contributed by atoms with van der Waals surface area (Å²) >= 11 is 0. The molecule has 0 bridgehead atoms. The van der Waals surface area contributed by atoms with Gasteiger partial charge in [0.25, 0.3) is 0 Å². The molecule has 4 rings (SSSR count). The Bertz CT molecular complexity index is 1300. The number of likely N-dealkylation sites (N-methyl/N-ethyl adjacent to an activating group) is 2. The van der Waals surface area contributed by atoms with Gasteiger partial charge in [-0.25, -0.2) is 4.79 Å². The fraction of sp³-hybridized carbons (Fsp3) is 0.344. The van der Waals surface area contributed by atoms with Crippen molar-refractivity contribution in [3.05, 3.63) is 95.6 Å². The number of nitrogens with one attached hydrogen (secondary N) is 1. The second kappa shape index (κ2) is 13.9. The zero-order chi connectivity index (χ0) is 29.4. The van der Waals surface area contributed by atoms with E-state index < -0.39 is 30.6 Å². The summed E-state index contributed by atoms with van der Waals surface area (Å²) in [6.07, 6.45) is -0.721. The predicted molar refractivity (Wildman–Crippen MR) is 158 cm³/mol. The van der Waals surface area contributed by atoms with Crippen LogP contribution in [0.25, 0.3) is 11.1 Å². The molecule has 0 spiro atoms. The Morgan fingerprint density at radius 2 is 1.44 bits per heavy atom. The van der Waals surface area contributed by atoms with Gasteiger partial charge in [0.2, 0.25) is 5.91 Å². The van der Waals surface area contributed by atoms with Crippen LogP contribution >= 0.6 is 0 Å². The minimum absolute atomic E-state index is 0.111. The lowest BCUT2D eigenvalue weighted by atomic mass is 9.98. The molecule has 1 atom stereocenters. The van der Waals surface area contributed by atoms with Crippen LogP contribution < -0.4 is 5.32 Å². The number of hydrogen-bond acceptors (Lipinski definition) is 6. The largest absolute Gasteiger partial charge is 0.480 e. The van der Waals surface area contributed by atoms with Gasteiger partial charge in [0, 0.05) is 32.1 Å². The highest BCUT2D eigenvalue weighted by molar-refractivity contribution is 5.88. The monoisotopic (exact) mass is 558 g/mol. The number of amides is 2. The molecule has 0 aromatic heterocycles. The summed E-state index contributed by atoms with van der Waals surface area (Å²) in [4.78, 5) is 43.4. The maximum absolute atomic E-state index is 13.6. The molecule has 0 heterocycles. The van der Waals surface area contributed by atoms with Gasteiger partial charge in [-0.3, -0.25) is 14.5 Å². The minimum Gasteiger partial charge on any atom is -0.480 e. The summed E-state index contributed by atoms with van der Waals surface area (Å²) in [7, 11) is 5.56. The summed E-state index contributed by atoms with van der Waals surface area (Å²) in [5.41, 5.74) is 5.48. The summed E-state index contributed by atoms with van der Waals surface area (Å²) < 4.78 is 5.72. The van der Waals surface area contributed by atoms with E-state index in [1.165, 1.54) is 4.90 Å². The van der Waals surface area contributed by atoms with Crippen molar-refractivity contribution >= 4 is 18.0 Å². The molecule has 1 aliphatic carbocycles. The molecule has 3 aromatic carbocycles. The van der Waals surface area contributed by atoms with Crippen molar-refractivity contribution in [2.24, 2.45) is 0 Å². The third kappa shape index (κ3) is 7.93. The first-order valence-corrected chi connectivity index (χ1v) is 13.7. The van der Waals surface area contributed by atoms with E-state index in [4.69, 9.17) is 4.74 Å². The van der Waals surface area contributed by atoms with Gasteiger partial charge in [-0.1, -0.05) is 78.9 Å². The molecule has 3 aromatic rings. The molecule has 0 fully saturated rings. The van der Waals surface area contributed by atoms with E-state index in [2.05, 4.69) is 17.4 Å². The zero-order valence-electron chi connectivity index (χ0n) is 23.8. The van der Waals surface area contributed by atoms with Crippen LogP contribution in [0.3, 0.4) is 0 Å². The lowest BCUT2D eigenvalue weighted by Gasteiger charge is -2.30. The van der Waals surface area contributed by atoms with Gasteiger partial charge in [0.15, 0.2) is 0 Å². The lowest BCUT2D eigenvalue weighted by molar-refractivity contribution is -0.145. The van der Waals surface area contributed by atoms with Crippen molar-refractivity contribution in [1.82, 2.24) is 20.0 Å². The Kier molecular flexibility index (Phi) is 10.1. The first-order valence-electron chi connectivity index (χ1n) is 13.7. The summed E-state index contributed by atoms with van der Waals surface area (Å²) in [6, 6.07) is 24.9. The molecule has 2 amide bonds. The summed E-state index contributed by atoms with van der Waals surface area (Å²) in [6.45, 7) is 1.07. The second-order valence-corrected chi connectivity index (χ2v) is 10.7. The minimum atomic E-state index is -1.12. The fourth-order valence-electron chi connectivity index (χ4n) is 5.21. The number of carbonyl (C=O) groups is 3. The fourth-order valence-corrected chi connectivity index (χ4v) is 5.21. The van der Waals surface area contributed by atoms with E-state index >= 15 is 0 Å². The molecule has 0 saturated heterocycles. The number of alkyl carbamates (subject to hydrolysis) is 1. The van der Waals surface area contributed by atoms with Crippen LogP contribution in [-0.2, 0) is 20.9 Å². The van der Waals surface area contributed by atoms with Crippen molar-refractivity contribution in [1.29, 1.82) is 0 Å². The number of fused-ring (bicyclic) bond motifs is 3. The molecule has 0 saturated carbocycles. The molecular weight excluding hydrogens is 520 g/mol. The summed E-state index contributed by atoms with van der Waals surface area (Å²) in [5.74, 6) is -1.70. The van der Waals surface area contributed by atoms with Crippen LogP contribution in [0.15, 0.2) is 78.9 Å². The third-order valence-corrected chi connectivity index (χ3v) is 7.18. The van der Waals surface area contributed by atoms with Crippen molar-refractivity contribution in [2.75, 3.05) is 53.9 Å². The molecule has 216 valence electrons. The van der Waals surface area contributed by atoms with Crippen molar-refractivity contribution in [3.63, 3.8) is 0 Å². The molecule has 0 aliphatic heterocycles. The van der Waals surface area contributed by atoms with Gasteiger partial charge in [-0.05, 0) is 49.0 Å². The quantitative estimate of drug-likeness (QED) is 0.331. The maximum atomic E-state index is 13.6. The van der Waals surface area contributed by atoms with Gasteiger partial charge in [0.05, 0.1) is 0 Å². The van der Waals surface area contributed by atoms with Crippen LogP contribution in [0, 0.1) is 0 Å². The van der Waals surface area contributed by atoms with E-state index in [0.717, 1.165) is 27.8 Å². The van der Waals surface area contributed by atoms with Crippen LogP contribution in [0.5, 0.6) is 0 Å². The van der Waals surface area contributed by atoms with Crippen molar-refractivity contribution in [3.8, 4) is 11.1 Å². The standard InChI is InChI=1S/C32H38N4O5/c1-34(2)17-18-36(21-30(37)38)31(39)29(20-35(3)19-23-11-5-4-6-12-23)33-32(40)41-22-28-26-15-9-7-13-24(26)25-14-8-10-16-27(25)28/h4-16,28-29H,17-22H2,1-3H3,(H,33,40)(H,37,38). The highest BCUT2D eigenvalue weighted by Gasteiger charge is 2.31. The number of carboxylic acids is 1. The van der Waals surface area contributed by atoms with E-state index in [9.17, 15) is 19.5 Å². The van der Waals surface area contributed by atoms with Gasteiger partial charge in [-0.15, -0.1) is 0 Å². The molecule has 0 radical (unpaired) electrons. The van der Waals surface area contributed by atoms with Crippen molar-refractivity contribution < 1.29 is 24.2 Å². The molecule has 9 heteroatoms. The number of rotatable bonds is 13. The molecular formula is C32H38N4O5. The van der Waals surface area contributed by atoms with E-state index in [0.29, 0.717) is 13.1 Å². The highest BCUT2D eigenvalue weighted by atomic mass is 16.5. The number of benzene rings is 3. The van der Waals surface area contributed by atoms with E-state index in [1.54, 1.807) is 0 Å². The number of ether oxygens (including phenoxy) is 1. The normalized spacial score (nSPS) is 13.0. The van der Waals surface area contributed by atoms with Gasteiger partial charge < -0.3 is 25.0 Å². The van der Waals surface area contributed by atoms with E-state index in [1.807, 2.05) is 97.7 Å². The number of carbonyl (C=O) groups excluding carboxylic acids is 2. The lowest BCUT2D eigenvalue weighted by Crippen LogP contribution is -2.55. The third-order valence-electron chi connectivity index (χ3n) is 7.18. The smallest absolute Gasteiger partial charge is 0.407 e. The first kappa shape index (κ1) is 29.8. The molecule has 1 unspecified atom stereocenters. The molecule has 2 N–H and O–H groups in total. The number of hydrogen-bond donors (Lipinski definition) is 2. The number of aliphatic carboxylic acids is 1. The number of nitrogens with zero attached hydrogens (tertiary/aromatic N) is 3. The van der Waals surface area contributed by atoms with Crippen LogP contribution in [0.1, 0.15) is 22.6 Å². The maximum Gasteiger partial charge on any atom is 0.407 e. The van der Waals surface area contributed by atoms with Gasteiger partial charge >= 0.3 is 12.1 Å². The Morgan fingerprint density at radius 1 is 0.854 bits per heavy atom. The topological polar surface area (TPSA) is 102 Å². The summed E-state index contributed by atoms with van der Waals surface area (Å²) in [5, 5.41) is 12.2. The Morgan fingerprint density at radius 3 is 2.02 bits per heavy atom. The average Bonchev–Trinajstić information content (AvgIpc) is 3.27. The average molecular weight is 559 g/mol. The Hall–Kier alpha value is -4.21. The first-order chi connectivity index (χ1) is 19.7. The molecule has 1 aliphatic rings. The number of carboxylic acid groups (broad SMARTS) is 1. The zero-order valence-corrected chi connectivity index (χ0v) is 23.8. The Labute approximate surface area is 241 Å². The SMILES string of the molecule is CN(C)CCN(CC(=O)O)C(=O)C(CN(C)Cc1ccccc1)NC(=O)OCC1c2ccccc2-c2ccccc21. The second-order valence-electron chi connectivity index (χ2n) is 10.7. The van der Waals surface area contributed by atoms with Crippen LogP contribution in [-0.4, -0.2) is 97.7 Å². The van der Waals surface area contributed by atoms with E-state index in [-0.39, 0.29) is 25.6 Å². The van der Waals surface area contributed by atoms with Gasteiger partial charge in [0.1, 0.15) is 19.2 Å². The molecule has 41 heavy (non-hydrogen) atoms. The Balaban J connectivity index is 1.48.